The summed E-state index contributed by atoms with van der Waals surface area (Å²) < 4.78 is 44.3. The average molecular weight is 497 g/mol. The molecule has 1 N–H and O–H groups in total. The molecule has 184 valence electrons. The van der Waals surface area contributed by atoms with Crippen LogP contribution in [0.25, 0.3) is 11.1 Å². The standard InChI is InChI=1S/C26H28N2O6S/c1-32-17-24(35(30,31)28-26(29)20-6-3-2-4-7-20)18-33-23-9-5-8-21(14-23)22-12-13-25(27-15-22)34-16-19-10-11-19/h2-9,12-15,19,24H,10-11,16-18H2,1H3,(H,28,29). The number of benzene rings is 2. The molecule has 1 fully saturated rings. The Balaban J connectivity index is 1.39. The van der Waals surface area contributed by atoms with E-state index in [2.05, 4.69) is 9.71 Å². The minimum Gasteiger partial charge on any atom is -0.492 e. The highest BCUT2D eigenvalue weighted by Gasteiger charge is 2.29. The monoisotopic (exact) mass is 496 g/mol. The molecule has 1 unspecified atom stereocenters. The average Bonchev–Trinajstić information content (AvgIpc) is 3.70. The van der Waals surface area contributed by atoms with Crippen LogP contribution in [-0.4, -0.2) is 51.5 Å². The number of carbonyl (C=O) groups is 1. The Labute approximate surface area is 205 Å². The highest BCUT2D eigenvalue weighted by molar-refractivity contribution is 7.90. The summed E-state index contributed by atoms with van der Waals surface area (Å²) in [5.74, 6) is 1.04. The Morgan fingerprint density at radius 3 is 2.49 bits per heavy atom. The summed E-state index contributed by atoms with van der Waals surface area (Å²) in [6.07, 6.45) is 4.17. The third-order valence-corrected chi connectivity index (χ3v) is 7.19. The molecule has 0 saturated heterocycles. The fourth-order valence-electron chi connectivity index (χ4n) is 3.35. The number of sulfonamides is 1. The zero-order chi connectivity index (χ0) is 24.7. The van der Waals surface area contributed by atoms with Crippen LogP contribution in [0.2, 0.25) is 0 Å². The number of hydrogen-bond donors (Lipinski definition) is 1. The Kier molecular flexibility index (Phi) is 7.99. The van der Waals surface area contributed by atoms with Gasteiger partial charge in [0.05, 0.1) is 13.2 Å². The van der Waals surface area contributed by atoms with E-state index >= 15 is 0 Å². The maximum atomic E-state index is 12.8. The summed E-state index contributed by atoms with van der Waals surface area (Å²) in [7, 11) is -2.65. The van der Waals surface area contributed by atoms with E-state index in [0.29, 0.717) is 24.2 Å². The van der Waals surface area contributed by atoms with Crippen LogP contribution in [-0.2, 0) is 14.8 Å². The van der Waals surface area contributed by atoms with E-state index in [1.165, 1.54) is 20.0 Å². The first-order chi connectivity index (χ1) is 16.9. The van der Waals surface area contributed by atoms with E-state index in [1.807, 2.05) is 24.3 Å². The molecule has 0 spiro atoms. The van der Waals surface area contributed by atoms with Gasteiger partial charge in [0.2, 0.25) is 15.9 Å². The zero-order valence-corrected chi connectivity index (χ0v) is 20.2. The Bertz CT molecular complexity index is 1230. The van der Waals surface area contributed by atoms with E-state index < -0.39 is 21.2 Å². The molecule has 1 aliphatic carbocycles. The highest BCUT2D eigenvalue weighted by Crippen LogP contribution is 2.30. The summed E-state index contributed by atoms with van der Waals surface area (Å²) in [4.78, 5) is 16.7. The minimum atomic E-state index is -4.05. The highest BCUT2D eigenvalue weighted by atomic mass is 32.2. The fraction of sp³-hybridized carbons (Fsp3) is 0.308. The van der Waals surface area contributed by atoms with E-state index in [1.54, 1.807) is 48.7 Å². The third kappa shape index (κ3) is 7.03. The lowest BCUT2D eigenvalue weighted by Crippen LogP contribution is -2.43. The second kappa shape index (κ2) is 11.3. The van der Waals surface area contributed by atoms with E-state index in [-0.39, 0.29) is 18.8 Å². The van der Waals surface area contributed by atoms with E-state index in [0.717, 1.165) is 11.1 Å². The van der Waals surface area contributed by atoms with Crippen molar-refractivity contribution in [3.8, 4) is 22.8 Å². The number of nitrogens with zero attached hydrogens (tertiary/aromatic N) is 1. The largest absolute Gasteiger partial charge is 0.492 e. The fourth-order valence-corrected chi connectivity index (χ4v) is 4.46. The SMILES string of the molecule is COCC(COc1cccc(-c2ccc(OCC3CC3)nc2)c1)S(=O)(=O)NC(=O)c1ccccc1. The van der Waals surface area contributed by atoms with Crippen molar-refractivity contribution in [3.63, 3.8) is 0 Å². The number of amides is 1. The number of rotatable bonds is 12. The van der Waals surface area contributed by atoms with Gasteiger partial charge in [-0.25, -0.2) is 18.1 Å². The summed E-state index contributed by atoms with van der Waals surface area (Å²) in [6, 6.07) is 19.2. The topological polar surface area (TPSA) is 104 Å². The van der Waals surface area contributed by atoms with Crippen LogP contribution in [0.1, 0.15) is 23.2 Å². The van der Waals surface area contributed by atoms with Gasteiger partial charge in [-0.05, 0) is 54.7 Å². The van der Waals surface area contributed by atoms with Crippen LogP contribution in [0.4, 0.5) is 0 Å². The number of methoxy groups -OCH3 is 1. The second-order valence-electron chi connectivity index (χ2n) is 8.40. The molecule has 1 amide bonds. The van der Waals surface area contributed by atoms with Crippen LogP contribution in [0, 0.1) is 5.92 Å². The van der Waals surface area contributed by atoms with Crippen molar-refractivity contribution in [2.24, 2.45) is 5.92 Å². The molecule has 1 atom stereocenters. The first-order valence-corrected chi connectivity index (χ1v) is 12.9. The lowest BCUT2D eigenvalue weighted by atomic mass is 10.1. The van der Waals surface area contributed by atoms with Crippen molar-refractivity contribution in [3.05, 3.63) is 78.5 Å². The Morgan fingerprint density at radius 2 is 1.80 bits per heavy atom. The van der Waals surface area contributed by atoms with Gasteiger partial charge in [0.15, 0.2) is 0 Å². The van der Waals surface area contributed by atoms with Gasteiger partial charge < -0.3 is 14.2 Å². The number of carbonyl (C=O) groups excluding carboxylic acids is 1. The number of pyridine rings is 1. The van der Waals surface area contributed by atoms with Crippen molar-refractivity contribution < 1.29 is 27.4 Å². The molecule has 35 heavy (non-hydrogen) atoms. The van der Waals surface area contributed by atoms with Crippen molar-refractivity contribution in [1.82, 2.24) is 9.71 Å². The predicted molar refractivity (Wildman–Crippen MR) is 132 cm³/mol. The molecule has 3 aromatic rings. The number of hydrogen-bond acceptors (Lipinski definition) is 7. The first-order valence-electron chi connectivity index (χ1n) is 11.4. The zero-order valence-electron chi connectivity index (χ0n) is 19.4. The molecule has 1 saturated carbocycles. The van der Waals surface area contributed by atoms with Crippen LogP contribution >= 0.6 is 0 Å². The van der Waals surface area contributed by atoms with Crippen LogP contribution in [0.3, 0.4) is 0 Å². The molecule has 0 bridgehead atoms. The molecule has 1 heterocycles. The van der Waals surface area contributed by atoms with E-state index in [4.69, 9.17) is 14.2 Å². The predicted octanol–water partition coefficient (Wildman–Crippen LogP) is 3.69. The molecular weight excluding hydrogens is 468 g/mol. The molecule has 8 nitrogen and oxygen atoms in total. The molecule has 0 aliphatic heterocycles. The number of ether oxygens (including phenoxy) is 3. The van der Waals surface area contributed by atoms with Gasteiger partial charge in [-0.15, -0.1) is 0 Å². The normalized spacial score (nSPS) is 14.2. The number of nitrogens with one attached hydrogen (secondary N) is 1. The van der Waals surface area contributed by atoms with Gasteiger partial charge in [0.1, 0.15) is 17.6 Å². The third-order valence-electron chi connectivity index (χ3n) is 5.57. The van der Waals surface area contributed by atoms with Gasteiger partial charge in [-0.1, -0.05) is 30.3 Å². The van der Waals surface area contributed by atoms with Crippen LogP contribution in [0.15, 0.2) is 72.9 Å². The number of aromatic nitrogens is 1. The summed E-state index contributed by atoms with van der Waals surface area (Å²) in [6.45, 7) is 0.372. The van der Waals surface area contributed by atoms with Crippen molar-refractivity contribution >= 4 is 15.9 Å². The molecule has 4 rings (SSSR count). The lowest BCUT2D eigenvalue weighted by molar-refractivity contribution is 0.0979. The first kappa shape index (κ1) is 24.7. The molecule has 1 aromatic heterocycles. The Hall–Kier alpha value is -3.43. The van der Waals surface area contributed by atoms with E-state index in [9.17, 15) is 13.2 Å². The maximum Gasteiger partial charge on any atom is 0.264 e. The van der Waals surface area contributed by atoms with Gasteiger partial charge in [-0.3, -0.25) is 4.79 Å². The minimum absolute atomic E-state index is 0.136. The van der Waals surface area contributed by atoms with Crippen LogP contribution in [0.5, 0.6) is 11.6 Å². The maximum absolute atomic E-state index is 12.8. The lowest BCUT2D eigenvalue weighted by Gasteiger charge is -2.18. The van der Waals surface area contributed by atoms with Gasteiger partial charge >= 0.3 is 0 Å². The van der Waals surface area contributed by atoms with Crippen molar-refractivity contribution in [2.75, 3.05) is 26.9 Å². The summed E-state index contributed by atoms with van der Waals surface area (Å²) in [5.41, 5.74) is 2.00. The molecular formula is C26H28N2O6S. The molecule has 0 radical (unpaired) electrons. The summed E-state index contributed by atoms with van der Waals surface area (Å²) in [5, 5.41) is -1.09. The van der Waals surface area contributed by atoms with Crippen LogP contribution < -0.4 is 14.2 Å². The molecule has 2 aromatic carbocycles. The smallest absolute Gasteiger partial charge is 0.264 e. The second-order valence-corrected chi connectivity index (χ2v) is 10.4. The molecule has 1 aliphatic rings. The van der Waals surface area contributed by atoms with Gasteiger partial charge in [-0.2, -0.15) is 0 Å². The summed E-state index contributed by atoms with van der Waals surface area (Å²) >= 11 is 0. The Morgan fingerprint density at radius 1 is 1.00 bits per heavy atom. The molecule has 9 heteroatoms. The van der Waals surface area contributed by atoms with Gasteiger partial charge in [0.25, 0.3) is 5.91 Å². The van der Waals surface area contributed by atoms with Crippen molar-refractivity contribution in [1.29, 1.82) is 0 Å². The quantitative estimate of drug-likeness (QED) is 0.408. The van der Waals surface area contributed by atoms with Gasteiger partial charge in [0, 0.05) is 30.5 Å². The van der Waals surface area contributed by atoms with Crippen molar-refractivity contribution in [2.45, 2.75) is 18.1 Å².